The number of carbonyl (C=O) groups is 4. The zero-order valence-corrected chi connectivity index (χ0v) is 34.9. The largest absolute Gasteiger partial charge is 0.465 e. The van der Waals surface area contributed by atoms with E-state index in [4.69, 9.17) is 19.2 Å². The van der Waals surface area contributed by atoms with Crippen molar-refractivity contribution in [1.82, 2.24) is 40.0 Å². The van der Waals surface area contributed by atoms with E-state index in [0.717, 1.165) is 59.1 Å². The quantitative estimate of drug-likeness (QED) is 0.162. The SMILES string of the molecule is COC(=O)NC(C(=O)N1[C@@H]2C[C@@H]2C[C@H]1c1ncc(C#Cc2ccc3cc(-c4cnc([C@@H]5C[C@H]6C[C@H]6N5C(=O)C(C5CCOCC5)N(C)C(=O)O)[nH]4)ccc3c2)[nH]1)C1CCOCC1. The number of fused-ring (bicyclic) bond motifs is 3. The average Bonchev–Trinajstić information content (AvgIpc) is 3.89. The third-order valence-electron chi connectivity index (χ3n) is 14.2. The highest BCUT2D eigenvalue weighted by Gasteiger charge is 2.58. The topological polar surface area (TPSA) is 195 Å². The monoisotopic (exact) mass is 844 g/mol. The molecule has 2 aliphatic carbocycles. The molecule has 4 aliphatic heterocycles. The first-order valence-corrected chi connectivity index (χ1v) is 21.9. The Hall–Kier alpha value is -5.92. The molecule has 6 heterocycles. The van der Waals surface area contributed by atoms with Crippen LogP contribution in [0.2, 0.25) is 0 Å². The number of piperidine rings is 2. The summed E-state index contributed by atoms with van der Waals surface area (Å²) in [5.74, 6) is 8.37. The highest BCUT2D eigenvalue weighted by atomic mass is 16.5. The van der Waals surface area contributed by atoms with Crippen LogP contribution in [-0.4, -0.2) is 128 Å². The summed E-state index contributed by atoms with van der Waals surface area (Å²) in [6.07, 6.45) is 7.99. The fourth-order valence-corrected chi connectivity index (χ4v) is 10.7. The van der Waals surface area contributed by atoms with Crippen molar-refractivity contribution in [3.05, 3.63) is 71.7 Å². The van der Waals surface area contributed by atoms with E-state index in [1.54, 1.807) is 6.20 Å². The van der Waals surface area contributed by atoms with Gasteiger partial charge in [-0.2, -0.15) is 0 Å². The van der Waals surface area contributed by atoms with E-state index in [9.17, 15) is 24.3 Å². The van der Waals surface area contributed by atoms with Gasteiger partial charge in [-0.25, -0.2) is 19.6 Å². The van der Waals surface area contributed by atoms with E-state index in [-0.39, 0.29) is 47.8 Å². The molecule has 324 valence electrons. The predicted molar refractivity (Wildman–Crippen MR) is 224 cm³/mol. The van der Waals surface area contributed by atoms with E-state index in [1.165, 1.54) is 19.1 Å². The number of carbonyl (C=O) groups excluding carboxylic acids is 3. The number of rotatable bonds is 9. The Morgan fingerprint density at radius 2 is 1.42 bits per heavy atom. The summed E-state index contributed by atoms with van der Waals surface area (Å²) in [5, 5.41) is 14.8. The van der Waals surface area contributed by atoms with Crippen LogP contribution in [0.15, 0.2) is 48.8 Å². The second-order valence-electron chi connectivity index (χ2n) is 17.9. The number of aromatic amines is 2. The lowest BCUT2D eigenvalue weighted by Crippen LogP contribution is -2.54. The molecule has 2 aromatic heterocycles. The van der Waals surface area contributed by atoms with Gasteiger partial charge in [0.25, 0.3) is 0 Å². The molecule has 8 atom stereocenters. The number of hydrogen-bond acceptors (Lipinski definition) is 9. The molecule has 0 bridgehead atoms. The van der Waals surface area contributed by atoms with E-state index in [2.05, 4.69) is 50.3 Å². The van der Waals surface area contributed by atoms with E-state index in [1.807, 2.05) is 34.2 Å². The molecular formula is C46H52N8O8. The Morgan fingerprint density at radius 3 is 2.10 bits per heavy atom. The third-order valence-corrected chi connectivity index (χ3v) is 14.2. The summed E-state index contributed by atoms with van der Waals surface area (Å²) in [4.78, 5) is 74.3. The first-order chi connectivity index (χ1) is 30.1. The maximum absolute atomic E-state index is 14.3. The molecular weight excluding hydrogens is 793 g/mol. The molecule has 6 aliphatic rings. The number of alkyl carbamates (subject to hydrolysis) is 1. The normalized spacial score (nSPS) is 26.5. The summed E-state index contributed by atoms with van der Waals surface area (Å²) < 4.78 is 16.0. The standard InChI is InChI=1S/C46H52N8O8/c1-52(46(58)59)40(27-11-15-62-16-12-27)44(56)54-36-20-32(36)22-38(54)42-48-24-34(50-42)30-7-6-28-17-25(3-5-29(28)18-30)4-8-33-23-47-41(49-33)37-21-31-19-35(31)53(37)43(55)39(51-45(57)60-2)26-9-13-61-14-10-26/h3,5-7,17-18,23-24,26-27,31-32,35-40H,9-16,19-22H2,1-2H3,(H,47,49)(H,48,50)(H,51,57)(H,58,59)/t31-,32-,35-,36-,37+,38+,39?,40?/m1/s1. The minimum atomic E-state index is -1.10. The minimum absolute atomic E-state index is 0.0339. The predicted octanol–water partition coefficient (Wildman–Crippen LogP) is 5.23. The van der Waals surface area contributed by atoms with Crippen molar-refractivity contribution in [3.63, 3.8) is 0 Å². The number of likely N-dealkylation sites (N-methyl/N-ethyl adjacent to an activating group) is 1. The molecule has 2 saturated carbocycles. The maximum atomic E-state index is 14.3. The number of ether oxygens (including phenoxy) is 3. The van der Waals surface area contributed by atoms with Crippen LogP contribution in [0.5, 0.6) is 0 Å². The molecule has 4 aromatic rings. The van der Waals surface area contributed by atoms with Crippen molar-refractivity contribution in [2.75, 3.05) is 40.6 Å². The van der Waals surface area contributed by atoms with Gasteiger partial charge in [0.2, 0.25) is 11.8 Å². The molecule has 10 rings (SSSR count). The number of carboxylic acid groups (broad SMARTS) is 1. The molecule has 16 heteroatoms. The number of amides is 4. The number of nitrogens with zero attached hydrogens (tertiary/aromatic N) is 5. The summed E-state index contributed by atoms with van der Waals surface area (Å²) in [6, 6.07) is 10.6. The molecule has 0 radical (unpaired) electrons. The van der Waals surface area contributed by atoms with Crippen molar-refractivity contribution >= 4 is 34.8 Å². The van der Waals surface area contributed by atoms with Crippen LogP contribution in [0.1, 0.15) is 86.4 Å². The van der Waals surface area contributed by atoms with Crippen LogP contribution < -0.4 is 5.32 Å². The summed E-state index contributed by atoms with van der Waals surface area (Å²) in [7, 11) is 2.81. The number of hydrogen-bond donors (Lipinski definition) is 4. The van der Waals surface area contributed by atoms with E-state index in [0.29, 0.717) is 75.5 Å². The summed E-state index contributed by atoms with van der Waals surface area (Å²) in [5.41, 5.74) is 3.30. The van der Waals surface area contributed by atoms with Crippen LogP contribution >= 0.6 is 0 Å². The zero-order chi connectivity index (χ0) is 42.6. The van der Waals surface area contributed by atoms with Gasteiger partial charge in [-0.05, 0) is 110 Å². The van der Waals surface area contributed by atoms with Crippen molar-refractivity contribution < 1.29 is 38.5 Å². The van der Waals surface area contributed by atoms with Crippen LogP contribution in [-0.2, 0) is 23.8 Å². The van der Waals surface area contributed by atoms with Crippen LogP contribution in [0.3, 0.4) is 0 Å². The summed E-state index contributed by atoms with van der Waals surface area (Å²) >= 11 is 0. The van der Waals surface area contributed by atoms with Gasteiger partial charge in [-0.1, -0.05) is 24.1 Å². The third kappa shape index (κ3) is 7.66. The molecule has 2 aromatic carbocycles. The number of H-pyrrole nitrogens is 2. The Bertz CT molecular complexity index is 2440. The Balaban J connectivity index is 0.824. The molecule has 16 nitrogen and oxygen atoms in total. The number of benzene rings is 2. The molecule has 62 heavy (non-hydrogen) atoms. The highest BCUT2D eigenvalue weighted by Crippen LogP contribution is 2.55. The lowest BCUT2D eigenvalue weighted by atomic mass is 9.89. The number of nitrogens with one attached hydrogen (secondary N) is 3. The molecule has 2 unspecified atom stereocenters. The number of imidazole rings is 2. The van der Waals surface area contributed by atoms with Gasteiger partial charge in [-0.15, -0.1) is 0 Å². The van der Waals surface area contributed by atoms with E-state index >= 15 is 0 Å². The van der Waals surface area contributed by atoms with Gasteiger partial charge in [0.15, 0.2) is 0 Å². The second kappa shape index (κ2) is 16.4. The lowest BCUT2D eigenvalue weighted by Gasteiger charge is -2.38. The van der Waals surface area contributed by atoms with Crippen LogP contribution in [0, 0.1) is 35.5 Å². The highest BCUT2D eigenvalue weighted by molar-refractivity contribution is 5.89. The summed E-state index contributed by atoms with van der Waals surface area (Å²) in [6.45, 7) is 2.16. The second-order valence-corrected chi connectivity index (χ2v) is 17.9. The van der Waals surface area contributed by atoms with Crippen LogP contribution in [0.25, 0.3) is 22.0 Å². The average molecular weight is 845 g/mol. The fourth-order valence-electron chi connectivity index (χ4n) is 10.7. The Kier molecular flexibility index (Phi) is 10.6. The number of aromatic nitrogens is 4. The molecule has 4 N–H and O–H groups in total. The zero-order valence-electron chi connectivity index (χ0n) is 34.9. The van der Waals surface area contributed by atoms with Gasteiger partial charge in [0.1, 0.15) is 29.4 Å². The van der Waals surface area contributed by atoms with E-state index < -0.39 is 24.3 Å². The maximum Gasteiger partial charge on any atom is 0.407 e. The minimum Gasteiger partial charge on any atom is -0.465 e. The van der Waals surface area contributed by atoms with Crippen molar-refractivity contribution in [3.8, 4) is 23.1 Å². The van der Waals surface area contributed by atoms with Gasteiger partial charge >= 0.3 is 12.2 Å². The van der Waals surface area contributed by atoms with Crippen molar-refractivity contribution in [2.24, 2.45) is 23.7 Å². The van der Waals surface area contributed by atoms with Crippen molar-refractivity contribution in [2.45, 2.75) is 87.6 Å². The lowest BCUT2D eigenvalue weighted by molar-refractivity contribution is -0.141. The first kappa shape index (κ1) is 40.2. The van der Waals surface area contributed by atoms with Crippen LogP contribution in [0.4, 0.5) is 9.59 Å². The molecule has 6 fully saturated rings. The van der Waals surface area contributed by atoms with Gasteiger partial charge < -0.3 is 44.4 Å². The van der Waals surface area contributed by atoms with Crippen molar-refractivity contribution in [1.29, 1.82) is 0 Å². The molecule has 0 spiro atoms. The smallest absolute Gasteiger partial charge is 0.407 e. The van der Waals surface area contributed by atoms with Gasteiger partial charge in [-0.3, -0.25) is 14.5 Å². The van der Waals surface area contributed by atoms with Gasteiger partial charge in [0.05, 0.1) is 37.3 Å². The Morgan fingerprint density at radius 1 is 0.806 bits per heavy atom. The number of methoxy groups -OCH3 is 1. The Labute approximate surface area is 359 Å². The van der Waals surface area contributed by atoms with Gasteiger partial charge in [0, 0.05) is 56.7 Å². The molecule has 4 saturated heterocycles. The fraction of sp³-hybridized carbons (Fsp3) is 0.522. The number of likely N-dealkylation sites (tertiary alicyclic amines) is 2. The molecule has 4 amide bonds. The first-order valence-electron chi connectivity index (χ1n) is 21.9.